The van der Waals surface area contributed by atoms with E-state index in [1.807, 2.05) is 19.1 Å². The Balaban J connectivity index is 0.00000161. The minimum atomic E-state index is -0.0206. The Hall–Kier alpha value is -1.63. The lowest BCUT2D eigenvalue weighted by atomic mass is 10.1. The van der Waals surface area contributed by atoms with Crippen LogP contribution in [0, 0.1) is 6.92 Å². The van der Waals surface area contributed by atoms with Gasteiger partial charge in [0, 0.05) is 24.4 Å². The number of anilines is 1. The number of aryl methyl sites for hydroxylation is 1. The molecule has 1 saturated heterocycles. The third-order valence-electron chi connectivity index (χ3n) is 3.54. The second-order valence-electron chi connectivity index (χ2n) is 5.07. The van der Waals surface area contributed by atoms with E-state index in [1.54, 1.807) is 6.20 Å². The van der Waals surface area contributed by atoms with E-state index in [-0.39, 0.29) is 24.4 Å². The van der Waals surface area contributed by atoms with Gasteiger partial charge in [-0.05, 0) is 18.6 Å². The number of hydrogen-bond donors (Lipinski definition) is 3. The monoisotopic (exact) mass is 310 g/mol. The summed E-state index contributed by atoms with van der Waals surface area (Å²) in [6, 6.07) is 3.97. The standard InChI is InChI=1S/C14H18N4O2.ClH/c1-9-2-3-12(14-11(9)7-16-18-14)17-13(19)6-10-8-20-5-4-15-10;/h2-3,7,10,15H,4-6,8H2,1H3,(H,16,18)(H,17,19);1H. The Morgan fingerprint density at radius 1 is 1.52 bits per heavy atom. The van der Waals surface area contributed by atoms with Gasteiger partial charge < -0.3 is 15.4 Å². The quantitative estimate of drug-likeness (QED) is 0.805. The van der Waals surface area contributed by atoms with Gasteiger partial charge in [-0.3, -0.25) is 9.89 Å². The van der Waals surface area contributed by atoms with Crippen LogP contribution in [0.2, 0.25) is 0 Å². The van der Waals surface area contributed by atoms with Crippen LogP contribution in [-0.4, -0.2) is 41.9 Å². The number of hydrogen-bond acceptors (Lipinski definition) is 4. The minimum absolute atomic E-state index is 0. The third-order valence-corrected chi connectivity index (χ3v) is 3.54. The molecule has 0 aliphatic carbocycles. The number of aromatic nitrogens is 2. The number of fused-ring (bicyclic) bond motifs is 1. The van der Waals surface area contributed by atoms with Crippen LogP contribution in [0.4, 0.5) is 5.69 Å². The summed E-state index contributed by atoms with van der Waals surface area (Å²) < 4.78 is 5.35. The zero-order valence-electron chi connectivity index (χ0n) is 11.8. The first-order valence-electron chi connectivity index (χ1n) is 6.77. The smallest absolute Gasteiger partial charge is 0.226 e. The van der Waals surface area contributed by atoms with Crippen molar-refractivity contribution in [3.05, 3.63) is 23.9 Å². The molecule has 1 fully saturated rings. The molecule has 1 unspecified atom stereocenters. The van der Waals surface area contributed by atoms with E-state index >= 15 is 0 Å². The van der Waals surface area contributed by atoms with Crippen molar-refractivity contribution < 1.29 is 9.53 Å². The van der Waals surface area contributed by atoms with Crippen LogP contribution < -0.4 is 10.6 Å². The average molecular weight is 311 g/mol. The number of morpholine rings is 1. The van der Waals surface area contributed by atoms with Gasteiger partial charge in [-0.2, -0.15) is 5.10 Å². The van der Waals surface area contributed by atoms with Crippen LogP contribution in [0.5, 0.6) is 0 Å². The highest BCUT2D eigenvalue weighted by molar-refractivity contribution is 6.01. The molecule has 2 heterocycles. The second kappa shape index (κ2) is 6.89. The first-order chi connectivity index (χ1) is 9.74. The van der Waals surface area contributed by atoms with E-state index in [9.17, 15) is 4.79 Å². The number of ether oxygens (including phenoxy) is 1. The summed E-state index contributed by atoms with van der Waals surface area (Å²) in [5.41, 5.74) is 2.77. The maximum atomic E-state index is 12.1. The molecule has 0 bridgehead atoms. The number of rotatable bonds is 3. The molecule has 114 valence electrons. The molecule has 2 aromatic rings. The number of carbonyl (C=O) groups is 1. The lowest BCUT2D eigenvalue weighted by Crippen LogP contribution is -2.43. The number of halogens is 1. The summed E-state index contributed by atoms with van der Waals surface area (Å²) in [7, 11) is 0. The second-order valence-corrected chi connectivity index (χ2v) is 5.07. The summed E-state index contributed by atoms with van der Waals surface area (Å²) in [5.74, 6) is -0.0206. The third kappa shape index (κ3) is 3.53. The molecular formula is C14H19ClN4O2. The van der Waals surface area contributed by atoms with E-state index in [4.69, 9.17) is 4.74 Å². The number of carbonyl (C=O) groups excluding carboxylic acids is 1. The highest BCUT2D eigenvalue weighted by Gasteiger charge is 2.17. The topological polar surface area (TPSA) is 79.0 Å². The van der Waals surface area contributed by atoms with Crippen LogP contribution in [0.3, 0.4) is 0 Å². The first kappa shape index (κ1) is 15.8. The van der Waals surface area contributed by atoms with Gasteiger partial charge in [-0.1, -0.05) is 6.07 Å². The van der Waals surface area contributed by atoms with Crippen molar-refractivity contribution in [2.75, 3.05) is 25.1 Å². The van der Waals surface area contributed by atoms with Crippen molar-refractivity contribution in [2.45, 2.75) is 19.4 Å². The number of H-pyrrole nitrogens is 1. The molecule has 1 atom stereocenters. The van der Waals surface area contributed by atoms with Crippen LogP contribution >= 0.6 is 12.4 Å². The Bertz CT molecular complexity index is 622. The molecule has 1 amide bonds. The zero-order chi connectivity index (χ0) is 13.9. The van der Waals surface area contributed by atoms with Crippen LogP contribution in [0.1, 0.15) is 12.0 Å². The largest absolute Gasteiger partial charge is 0.378 e. The number of nitrogens with zero attached hydrogens (tertiary/aromatic N) is 1. The summed E-state index contributed by atoms with van der Waals surface area (Å²) in [5, 5.41) is 14.2. The molecule has 6 nitrogen and oxygen atoms in total. The molecule has 1 aliphatic heterocycles. The molecular weight excluding hydrogens is 292 g/mol. The maximum absolute atomic E-state index is 12.1. The first-order valence-corrected chi connectivity index (χ1v) is 6.77. The number of amides is 1. The van der Waals surface area contributed by atoms with Crippen LogP contribution in [0.25, 0.3) is 10.9 Å². The van der Waals surface area contributed by atoms with E-state index in [0.717, 1.165) is 28.7 Å². The highest BCUT2D eigenvalue weighted by atomic mass is 35.5. The fourth-order valence-corrected chi connectivity index (χ4v) is 2.45. The van der Waals surface area contributed by atoms with Gasteiger partial charge in [0.05, 0.1) is 30.6 Å². The Labute approximate surface area is 129 Å². The Morgan fingerprint density at radius 3 is 3.14 bits per heavy atom. The van der Waals surface area contributed by atoms with Crippen molar-refractivity contribution in [1.82, 2.24) is 15.5 Å². The number of aromatic amines is 1. The average Bonchev–Trinajstić information content (AvgIpc) is 2.93. The molecule has 1 aromatic heterocycles. The number of benzene rings is 1. The lowest BCUT2D eigenvalue weighted by molar-refractivity contribution is -0.117. The lowest BCUT2D eigenvalue weighted by Gasteiger charge is -2.23. The molecule has 1 aliphatic rings. The van der Waals surface area contributed by atoms with Crippen molar-refractivity contribution in [3.8, 4) is 0 Å². The molecule has 0 radical (unpaired) electrons. The molecule has 3 N–H and O–H groups in total. The molecule has 0 saturated carbocycles. The highest BCUT2D eigenvalue weighted by Crippen LogP contribution is 2.24. The number of nitrogens with one attached hydrogen (secondary N) is 3. The summed E-state index contributed by atoms with van der Waals surface area (Å²) in [6.45, 7) is 4.12. The summed E-state index contributed by atoms with van der Waals surface area (Å²) in [6.07, 6.45) is 2.18. The van der Waals surface area contributed by atoms with Gasteiger partial charge in [0.2, 0.25) is 5.91 Å². The van der Waals surface area contributed by atoms with E-state index in [0.29, 0.717) is 19.6 Å². The molecule has 1 aromatic carbocycles. The van der Waals surface area contributed by atoms with Gasteiger partial charge in [0.1, 0.15) is 0 Å². The summed E-state index contributed by atoms with van der Waals surface area (Å²) >= 11 is 0. The SMILES string of the molecule is Cc1ccc(NC(=O)CC2COCCN2)c2[nH]ncc12.Cl. The zero-order valence-corrected chi connectivity index (χ0v) is 12.6. The van der Waals surface area contributed by atoms with Crippen molar-refractivity contribution in [1.29, 1.82) is 0 Å². The van der Waals surface area contributed by atoms with Crippen molar-refractivity contribution in [3.63, 3.8) is 0 Å². The molecule has 3 rings (SSSR count). The normalized spacial score (nSPS) is 18.2. The summed E-state index contributed by atoms with van der Waals surface area (Å²) in [4.78, 5) is 12.1. The minimum Gasteiger partial charge on any atom is -0.378 e. The predicted molar refractivity (Wildman–Crippen MR) is 83.9 cm³/mol. The molecule has 21 heavy (non-hydrogen) atoms. The van der Waals surface area contributed by atoms with Crippen LogP contribution in [0.15, 0.2) is 18.3 Å². The van der Waals surface area contributed by atoms with E-state index < -0.39 is 0 Å². The van der Waals surface area contributed by atoms with Gasteiger partial charge in [0.15, 0.2) is 0 Å². The van der Waals surface area contributed by atoms with Crippen molar-refractivity contribution >= 4 is 34.9 Å². The molecule has 0 spiro atoms. The van der Waals surface area contributed by atoms with Gasteiger partial charge in [0.25, 0.3) is 0 Å². The van der Waals surface area contributed by atoms with Crippen molar-refractivity contribution in [2.24, 2.45) is 0 Å². The van der Waals surface area contributed by atoms with Crippen LogP contribution in [-0.2, 0) is 9.53 Å². The fourth-order valence-electron chi connectivity index (χ4n) is 2.45. The predicted octanol–water partition coefficient (Wildman–Crippen LogP) is 1.61. The Kier molecular flexibility index (Phi) is 5.17. The molecule has 7 heteroatoms. The van der Waals surface area contributed by atoms with Gasteiger partial charge in [-0.25, -0.2) is 0 Å². The Morgan fingerprint density at radius 2 is 2.38 bits per heavy atom. The van der Waals surface area contributed by atoms with Gasteiger partial charge in [-0.15, -0.1) is 12.4 Å². The maximum Gasteiger partial charge on any atom is 0.226 e. The van der Waals surface area contributed by atoms with E-state index in [2.05, 4.69) is 20.8 Å². The van der Waals surface area contributed by atoms with E-state index in [1.165, 1.54) is 0 Å². The van der Waals surface area contributed by atoms with Gasteiger partial charge >= 0.3 is 0 Å². The fraction of sp³-hybridized carbons (Fsp3) is 0.429.